The number of carboxylic acid groups (broad SMARTS) is 1. The molecule has 1 saturated carbocycles. The fourth-order valence-electron chi connectivity index (χ4n) is 3.89. The monoisotopic (exact) mass is 404 g/mol. The highest BCUT2D eigenvalue weighted by Gasteiger charge is 2.54. The van der Waals surface area contributed by atoms with Gasteiger partial charge in [0.25, 0.3) is 0 Å². The van der Waals surface area contributed by atoms with E-state index >= 15 is 0 Å². The molecule has 0 bridgehead atoms. The Labute approximate surface area is 158 Å². The molecular formula is C18H20F4N2O4. The first-order valence-electron chi connectivity index (χ1n) is 8.82. The molecule has 28 heavy (non-hydrogen) atoms. The lowest BCUT2D eigenvalue weighted by Crippen LogP contribution is -2.49. The Hall–Kier alpha value is -2.52. The summed E-state index contributed by atoms with van der Waals surface area (Å²) in [6.07, 6.45) is -4.81. The number of likely N-dealkylation sites (tertiary alicyclic amines) is 1. The molecule has 1 saturated heterocycles. The normalized spacial score (nSPS) is 20.8. The Bertz CT molecular complexity index is 779. The summed E-state index contributed by atoms with van der Waals surface area (Å²) in [4.78, 5) is 26.3. The zero-order chi connectivity index (χ0) is 20.7. The number of amides is 2. The van der Waals surface area contributed by atoms with Gasteiger partial charge in [0.1, 0.15) is 5.82 Å². The van der Waals surface area contributed by atoms with E-state index in [1.54, 1.807) is 0 Å². The molecular weight excluding hydrogens is 384 g/mol. The SMILES string of the molecule is COC(=O)N(C[C@H]1CCCN1C(=O)O)C1(c2ccc(F)c(C(F)(F)F)c2)CC1. The van der Waals surface area contributed by atoms with E-state index in [4.69, 9.17) is 4.74 Å². The third kappa shape index (κ3) is 3.59. The summed E-state index contributed by atoms with van der Waals surface area (Å²) in [5.41, 5.74) is -2.30. The van der Waals surface area contributed by atoms with Crippen LogP contribution in [0.2, 0.25) is 0 Å². The second kappa shape index (κ2) is 7.14. The number of benzene rings is 1. The summed E-state index contributed by atoms with van der Waals surface area (Å²) in [6, 6.07) is 2.22. The van der Waals surface area contributed by atoms with E-state index in [1.807, 2.05) is 0 Å². The highest BCUT2D eigenvalue weighted by atomic mass is 19.4. The van der Waals surface area contributed by atoms with Crippen molar-refractivity contribution in [3.8, 4) is 0 Å². The van der Waals surface area contributed by atoms with Gasteiger partial charge < -0.3 is 14.7 Å². The molecule has 1 atom stereocenters. The molecule has 1 heterocycles. The third-order valence-electron chi connectivity index (χ3n) is 5.46. The average molecular weight is 404 g/mol. The van der Waals surface area contributed by atoms with E-state index in [0.29, 0.717) is 32.2 Å². The summed E-state index contributed by atoms with van der Waals surface area (Å²) in [6.45, 7) is 0.328. The molecule has 154 valence electrons. The Morgan fingerprint density at radius 2 is 2.04 bits per heavy atom. The van der Waals surface area contributed by atoms with Crippen molar-refractivity contribution in [3.05, 3.63) is 35.1 Å². The summed E-state index contributed by atoms with van der Waals surface area (Å²) < 4.78 is 57.8. The molecule has 6 nitrogen and oxygen atoms in total. The van der Waals surface area contributed by atoms with Gasteiger partial charge in [0.15, 0.2) is 0 Å². The summed E-state index contributed by atoms with van der Waals surface area (Å²) in [7, 11) is 1.15. The molecule has 1 aromatic carbocycles. The molecule has 2 fully saturated rings. The lowest BCUT2D eigenvalue weighted by atomic mass is 9.99. The minimum absolute atomic E-state index is 0.00228. The summed E-state index contributed by atoms with van der Waals surface area (Å²) >= 11 is 0. The van der Waals surface area contributed by atoms with Crippen LogP contribution in [0.5, 0.6) is 0 Å². The molecule has 2 aliphatic rings. The molecule has 1 aliphatic carbocycles. The van der Waals surface area contributed by atoms with Gasteiger partial charge in [0.05, 0.1) is 24.3 Å². The number of nitrogens with zero attached hydrogens (tertiary/aromatic N) is 2. The first-order valence-corrected chi connectivity index (χ1v) is 8.82. The number of carbonyl (C=O) groups is 2. The lowest BCUT2D eigenvalue weighted by molar-refractivity contribution is -0.140. The fraction of sp³-hybridized carbons (Fsp3) is 0.556. The average Bonchev–Trinajstić information content (AvgIpc) is 3.28. The maximum Gasteiger partial charge on any atom is 0.419 e. The number of hydrogen-bond donors (Lipinski definition) is 1. The van der Waals surface area contributed by atoms with Gasteiger partial charge in [0.2, 0.25) is 0 Å². The molecule has 0 aromatic heterocycles. The van der Waals surface area contributed by atoms with Gasteiger partial charge in [0, 0.05) is 13.1 Å². The molecule has 0 unspecified atom stereocenters. The Morgan fingerprint density at radius 3 is 2.57 bits per heavy atom. The van der Waals surface area contributed by atoms with Crippen LogP contribution in [0.4, 0.5) is 27.2 Å². The van der Waals surface area contributed by atoms with Crippen LogP contribution >= 0.6 is 0 Å². The first kappa shape index (κ1) is 20.2. The van der Waals surface area contributed by atoms with E-state index in [9.17, 15) is 32.3 Å². The van der Waals surface area contributed by atoms with E-state index in [-0.39, 0.29) is 12.1 Å². The van der Waals surface area contributed by atoms with Crippen LogP contribution in [-0.2, 0) is 16.5 Å². The molecule has 1 aromatic rings. The number of halogens is 4. The Balaban J connectivity index is 1.95. The van der Waals surface area contributed by atoms with Crippen LogP contribution in [0, 0.1) is 5.82 Å². The van der Waals surface area contributed by atoms with E-state index in [2.05, 4.69) is 0 Å². The minimum Gasteiger partial charge on any atom is -0.465 e. The van der Waals surface area contributed by atoms with Gasteiger partial charge in [-0.3, -0.25) is 4.90 Å². The quantitative estimate of drug-likeness (QED) is 0.769. The second-order valence-corrected chi connectivity index (χ2v) is 7.08. The highest BCUT2D eigenvalue weighted by Crippen LogP contribution is 2.52. The molecule has 1 aliphatic heterocycles. The number of rotatable bonds is 4. The van der Waals surface area contributed by atoms with Gasteiger partial charge in [-0.25, -0.2) is 14.0 Å². The number of carbonyl (C=O) groups excluding carboxylic acids is 1. The van der Waals surface area contributed by atoms with Crippen LogP contribution in [-0.4, -0.2) is 53.3 Å². The van der Waals surface area contributed by atoms with E-state index in [0.717, 1.165) is 19.2 Å². The van der Waals surface area contributed by atoms with Crippen molar-refractivity contribution in [3.63, 3.8) is 0 Å². The van der Waals surface area contributed by atoms with E-state index in [1.165, 1.54) is 15.9 Å². The maximum atomic E-state index is 13.7. The lowest BCUT2D eigenvalue weighted by Gasteiger charge is -2.35. The van der Waals surface area contributed by atoms with Gasteiger partial charge >= 0.3 is 18.4 Å². The van der Waals surface area contributed by atoms with Crippen molar-refractivity contribution in [1.29, 1.82) is 0 Å². The van der Waals surface area contributed by atoms with E-state index < -0.39 is 41.3 Å². The smallest absolute Gasteiger partial charge is 0.419 e. The van der Waals surface area contributed by atoms with Crippen molar-refractivity contribution in [1.82, 2.24) is 9.80 Å². The van der Waals surface area contributed by atoms with Crippen molar-refractivity contribution >= 4 is 12.2 Å². The predicted octanol–water partition coefficient (Wildman–Crippen LogP) is 4.04. The number of methoxy groups -OCH3 is 1. The zero-order valence-electron chi connectivity index (χ0n) is 15.1. The fourth-order valence-corrected chi connectivity index (χ4v) is 3.89. The molecule has 2 amide bonds. The van der Waals surface area contributed by atoms with Crippen LogP contribution in [0.3, 0.4) is 0 Å². The minimum atomic E-state index is -4.86. The topological polar surface area (TPSA) is 70.1 Å². The van der Waals surface area contributed by atoms with Crippen molar-refractivity contribution in [2.75, 3.05) is 20.2 Å². The number of hydrogen-bond acceptors (Lipinski definition) is 3. The van der Waals surface area contributed by atoms with Crippen molar-refractivity contribution in [2.45, 2.75) is 43.4 Å². The Morgan fingerprint density at radius 1 is 1.36 bits per heavy atom. The van der Waals surface area contributed by atoms with Crippen molar-refractivity contribution < 1.29 is 37.0 Å². The van der Waals surface area contributed by atoms with Gasteiger partial charge in [-0.05, 0) is 43.4 Å². The largest absolute Gasteiger partial charge is 0.465 e. The molecule has 3 rings (SSSR count). The van der Waals surface area contributed by atoms with Gasteiger partial charge in [-0.1, -0.05) is 6.07 Å². The zero-order valence-corrected chi connectivity index (χ0v) is 15.1. The van der Waals surface area contributed by atoms with Crippen LogP contribution < -0.4 is 0 Å². The van der Waals surface area contributed by atoms with Crippen LogP contribution in [0.25, 0.3) is 0 Å². The number of alkyl halides is 3. The third-order valence-corrected chi connectivity index (χ3v) is 5.46. The van der Waals surface area contributed by atoms with Crippen molar-refractivity contribution in [2.24, 2.45) is 0 Å². The molecule has 10 heteroatoms. The summed E-state index contributed by atoms with van der Waals surface area (Å²) in [5.74, 6) is -1.38. The van der Waals surface area contributed by atoms with Crippen LogP contribution in [0.1, 0.15) is 36.8 Å². The summed E-state index contributed by atoms with van der Waals surface area (Å²) in [5, 5.41) is 9.31. The highest BCUT2D eigenvalue weighted by molar-refractivity contribution is 5.70. The second-order valence-electron chi connectivity index (χ2n) is 7.08. The molecule has 0 spiro atoms. The standard InChI is InChI=1S/C18H20F4N2O4/c1-28-16(27)24(10-12-3-2-8-23(12)15(25)26)17(6-7-17)11-4-5-14(19)13(9-11)18(20,21)22/h4-5,9,12H,2-3,6-8,10H2,1H3,(H,25,26)/t12-/m1/s1. The Kier molecular flexibility index (Phi) is 5.16. The molecule has 1 N–H and O–H groups in total. The maximum absolute atomic E-state index is 13.7. The van der Waals surface area contributed by atoms with Crippen LogP contribution in [0.15, 0.2) is 18.2 Å². The molecule has 0 radical (unpaired) electrons. The first-order chi connectivity index (χ1) is 13.1. The number of ether oxygens (including phenoxy) is 1. The van der Waals surface area contributed by atoms with Gasteiger partial charge in [-0.2, -0.15) is 13.2 Å². The van der Waals surface area contributed by atoms with Gasteiger partial charge in [-0.15, -0.1) is 0 Å². The predicted molar refractivity (Wildman–Crippen MR) is 89.2 cm³/mol.